The average molecular weight is 350 g/mol. The highest BCUT2D eigenvalue weighted by atomic mass is 32.1. The van der Waals surface area contributed by atoms with E-state index in [-0.39, 0.29) is 30.7 Å². The van der Waals surface area contributed by atoms with Gasteiger partial charge in [0.05, 0.1) is 12.3 Å². The molecule has 1 unspecified atom stereocenters. The molecule has 128 valence electrons. The number of aromatic nitrogens is 1. The van der Waals surface area contributed by atoms with Crippen molar-refractivity contribution in [3.63, 3.8) is 0 Å². The maximum atomic E-state index is 12.9. The molecule has 1 aromatic heterocycles. The zero-order chi connectivity index (χ0) is 17.7. The second kappa shape index (κ2) is 8.01. The third-order valence-electron chi connectivity index (χ3n) is 3.43. The molecule has 2 aromatic rings. The molecule has 7 heteroatoms. The van der Waals surface area contributed by atoms with E-state index in [9.17, 15) is 14.0 Å². The van der Waals surface area contributed by atoms with Gasteiger partial charge in [0.1, 0.15) is 10.7 Å². The number of nitrogens with one attached hydrogen (secondary N) is 1. The van der Waals surface area contributed by atoms with Crippen molar-refractivity contribution in [3.05, 3.63) is 46.2 Å². The number of aryl methyl sites for hydroxylation is 1. The second-order valence-corrected chi connectivity index (χ2v) is 6.36. The van der Waals surface area contributed by atoms with Gasteiger partial charge in [0, 0.05) is 6.42 Å². The molecule has 24 heavy (non-hydrogen) atoms. The third-order valence-corrected chi connectivity index (χ3v) is 4.49. The Labute approximate surface area is 143 Å². The summed E-state index contributed by atoms with van der Waals surface area (Å²) in [6.45, 7) is 5.60. The van der Waals surface area contributed by atoms with E-state index in [4.69, 9.17) is 4.74 Å². The van der Waals surface area contributed by atoms with Gasteiger partial charge in [-0.3, -0.25) is 4.79 Å². The smallest absolute Gasteiger partial charge is 0.350 e. The first-order chi connectivity index (χ1) is 11.4. The molecular weight excluding hydrogens is 331 g/mol. The van der Waals surface area contributed by atoms with Crippen LogP contribution < -0.4 is 5.32 Å². The fourth-order valence-corrected chi connectivity index (χ4v) is 3.07. The van der Waals surface area contributed by atoms with Crippen LogP contribution in [0.5, 0.6) is 0 Å². The van der Waals surface area contributed by atoms with E-state index in [0.717, 1.165) is 16.9 Å². The molecule has 5 nitrogen and oxygen atoms in total. The van der Waals surface area contributed by atoms with Gasteiger partial charge in [-0.25, -0.2) is 14.2 Å². The maximum absolute atomic E-state index is 12.9. The van der Waals surface area contributed by atoms with Crippen LogP contribution in [0, 0.1) is 12.7 Å². The molecule has 0 aliphatic rings. The number of hydrogen-bond acceptors (Lipinski definition) is 5. The highest BCUT2D eigenvalue weighted by molar-refractivity contribution is 7.17. The lowest BCUT2D eigenvalue weighted by molar-refractivity contribution is -0.116. The number of rotatable bonds is 6. The number of carbonyl (C=O) groups excluding carboxylic acids is 2. The SMILES string of the molecule is CCOC(=O)c1sc(NC(=O)CC(C)c2ccc(F)cc2)nc1C. The molecular formula is C17H19FN2O3S. The van der Waals surface area contributed by atoms with Crippen molar-refractivity contribution in [1.82, 2.24) is 4.98 Å². The van der Waals surface area contributed by atoms with Gasteiger partial charge in [-0.15, -0.1) is 0 Å². The Bertz CT molecular complexity index is 728. The molecule has 2 rings (SSSR count). The number of carbonyl (C=O) groups is 2. The Kier molecular flexibility index (Phi) is 6.03. The van der Waals surface area contributed by atoms with E-state index in [1.165, 1.54) is 12.1 Å². The van der Waals surface area contributed by atoms with Crippen LogP contribution in [0.2, 0.25) is 0 Å². The van der Waals surface area contributed by atoms with Gasteiger partial charge in [-0.2, -0.15) is 0 Å². The number of hydrogen-bond donors (Lipinski definition) is 1. The number of esters is 1. The monoisotopic (exact) mass is 350 g/mol. The van der Waals surface area contributed by atoms with Gasteiger partial charge >= 0.3 is 5.97 Å². The van der Waals surface area contributed by atoms with E-state index in [0.29, 0.717) is 15.7 Å². The first kappa shape index (κ1) is 18.1. The van der Waals surface area contributed by atoms with Crippen molar-refractivity contribution in [2.45, 2.75) is 33.1 Å². The molecule has 1 heterocycles. The second-order valence-electron chi connectivity index (χ2n) is 5.36. The third kappa shape index (κ3) is 4.61. The van der Waals surface area contributed by atoms with Crippen LogP contribution in [-0.4, -0.2) is 23.5 Å². The van der Waals surface area contributed by atoms with Crippen LogP contribution in [0.4, 0.5) is 9.52 Å². The number of halogens is 1. The number of ether oxygens (including phenoxy) is 1. The van der Waals surface area contributed by atoms with Crippen molar-refractivity contribution < 1.29 is 18.7 Å². The molecule has 1 atom stereocenters. The maximum Gasteiger partial charge on any atom is 0.350 e. The normalized spacial score (nSPS) is 11.8. The molecule has 0 aliphatic heterocycles. The lowest BCUT2D eigenvalue weighted by Gasteiger charge is -2.11. The van der Waals surface area contributed by atoms with Crippen LogP contribution in [0.3, 0.4) is 0 Å². The lowest BCUT2D eigenvalue weighted by Crippen LogP contribution is -2.14. The van der Waals surface area contributed by atoms with Gasteiger partial charge in [0.25, 0.3) is 0 Å². The molecule has 1 aromatic carbocycles. The van der Waals surface area contributed by atoms with Gasteiger partial charge in [-0.05, 0) is 37.5 Å². The van der Waals surface area contributed by atoms with E-state index in [1.54, 1.807) is 26.0 Å². The molecule has 0 saturated carbocycles. The van der Waals surface area contributed by atoms with Gasteiger partial charge in [-0.1, -0.05) is 30.4 Å². The summed E-state index contributed by atoms with van der Waals surface area (Å²) in [6, 6.07) is 6.08. The molecule has 0 spiro atoms. The summed E-state index contributed by atoms with van der Waals surface area (Å²) < 4.78 is 17.9. The Balaban J connectivity index is 1.98. The topological polar surface area (TPSA) is 68.3 Å². The van der Waals surface area contributed by atoms with Crippen LogP contribution in [-0.2, 0) is 9.53 Å². The molecule has 0 bridgehead atoms. The summed E-state index contributed by atoms with van der Waals surface area (Å²) in [5, 5.41) is 3.07. The zero-order valence-electron chi connectivity index (χ0n) is 13.8. The van der Waals surface area contributed by atoms with Crippen molar-refractivity contribution >= 4 is 28.3 Å². The van der Waals surface area contributed by atoms with Crippen LogP contribution in [0.15, 0.2) is 24.3 Å². The van der Waals surface area contributed by atoms with Crippen LogP contribution in [0.1, 0.15) is 47.1 Å². The number of thiazole rings is 1. The summed E-state index contributed by atoms with van der Waals surface area (Å²) in [6.07, 6.45) is 0.235. The average Bonchev–Trinajstić information content (AvgIpc) is 2.88. The highest BCUT2D eigenvalue weighted by Gasteiger charge is 2.18. The highest BCUT2D eigenvalue weighted by Crippen LogP contribution is 2.25. The van der Waals surface area contributed by atoms with E-state index >= 15 is 0 Å². The summed E-state index contributed by atoms with van der Waals surface area (Å²) in [5.41, 5.74) is 1.41. The van der Waals surface area contributed by atoms with E-state index < -0.39 is 5.97 Å². The van der Waals surface area contributed by atoms with Crippen molar-refractivity contribution in [2.75, 3.05) is 11.9 Å². The van der Waals surface area contributed by atoms with Crippen molar-refractivity contribution in [3.8, 4) is 0 Å². The summed E-state index contributed by atoms with van der Waals surface area (Å²) >= 11 is 1.09. The number of anilines is 1. The number of amides is 1. The Morgan fingerprint density at radius 3 is 2.62 bits per heavy atom. The molecule has 0 saturated heterocycles. The minimum atomic E-state index is -0.437. The quantitative estimate of drug-likeness (QED) is 0.802. The predicted octanol–water partition coefficient (Wildman–Crippen LogP) is 3.90. The fraction of sp³-hybridized carbons (Fsp3) is 0.353. The lowest BCUT2D eigenvalue weighted by atomic mass is 9.97. The summed E-state index contributed by atoms with van der Waals surface area (Å²) in [4.78, 5) is 28.5. The molecule has 1 amide bonds. The summed E-state index contributed by atoms with van der Waals surface area (Å²) in [5.74, 6) is -1.01. The Morgan fingerprint density at radius 2 is 2.00 bits per heavy atom. The first-order valence-corrected chi connectivity index (χ1v) is 8.42. The Morgan fingerprint density at radius 1 is 1.33 bits per heavy atom. The van der Waals surface area contributed by atoms with Crippen LogP contribution in [0.25, 0.3) is 0 Å². The molecule has 0 radical (unpaired) electrons. The molecule has 0 aliphatic carbocycles. The van der Waals surface area contributed by atoms with Crippen molar-refractivity contribution in [2.24, 2.45) is 0 Å². The first-order valence-electron chi connectivity index (χ1n) is 7.60. The summed E-state index contributed by atoms with van der Waals surface area (Å²) in [7, 11) is 0. The van der Waals surface area contributed by atoms with E-state index in [1.807, 2.05) is 6.92 Å². The Hall–Kier alpha value is -2.28. The van der Waals surface area contributed by atoms with Crippen molar-refractivity contribution in [1.29, 1.82) is 0 Å². The largest absolute Gasteiger partial charge is 0.462 e. The predicted molar refractivity (Wildman–Crippen MR) is 90.9 cm³/mol. The zero-order valence-corrected chi connectivity index (χ0v) is 14.6. The minimum absolute atomic E-state index is 0.0591. The van der Waals surface area contributed by atoms with Gasteiger partial charge in [0.15, 0.2) is 5.13 Å². The molecule has 0 fully saturated rings. The van der Waals surface area contributed by atoms with Gasteiger partial charge in [0.2, 0.25) is 5.91 Å². The number of nitrogens with zero attached hydrogens (tertiary/aromatic N) is 1. The van der Waals surface area contributed by atoms with Crippen LogP contribution >= 0.6 is 11.3 Å². The van der Waals surface area contributed by atoms with E-state index in [2.05, 4.69) is 10.3 Å². The minimum Gasteiger partial charge on any atom is -0.462 e. The molecule has 1 N–H and O–H groups in total. The van der Waals surface area contributed by atoms with Gasteiger partial charge < -0.3 is 10.1 Å². The standard InChI is InChI=1S/C17H19FN2O3S/c1-4-23-16(22)15-11(3)19-17(24-15)20-14(21)9-10(2)12-5-7-13(18)8-6-12/h5-8,10H,4,9H2,1-3H3,(H,19,20,21). The fourth-order valence-electron chi connectivity index (χ4n) is 2.19. The number of benzene rings is 1.